The number of aromatic nitrogens is 1. The van der Waals surface area contributed by atoms with E-state index in [9.17, 15) is 0 Å². The smallest absolute Gasteiger partial charge is 0.138 e. The first-order valence-corrected chi connectivity index (χ1v) is 7.08. The molecule has 5 heteroatoms. The zero-order chi connectivity index (χ0) is 15.0. The summed E-state index contributed by atoms with van der Waals surface area (Å²) < 4.78 is 5.92. The molecule has 0 unspecified atom stereocenters. The molecule has 1 aromatic heterocycles. The van der Waals surface area contributed by atoms with Crippen LogP contribution in [-0.2, 0) is 0 Å². The predicted molar refractivity (Wildman–Crippen MR) is 87.4 cm³/mol. The van der Waals surface area contributed by atoms with Crippen LogP contribution in [-0.4, -0.2) is 4.98 Å². The number of rotatable bonds is 2. The molecule has 3 aromatic rings. The van der Waals surface area contributed by atoms with Crippen molar-refractivity contribution in [3.63, 3.8) is 0 Å². The average molecular weight is 319 g/mol. The van der Waals surface area contributed by atoms with E-state index in [1.807, 2.05) is 31.2 Å². The monoisotopic (exact) mass is 318 g/mol. The van der Waals surface area contributed by atoms with Gasteiger partial charge in [0.1, 0.15) is 11.5 Å². The highest BCUT2D eigenvalue weighted by molar-refractivity contribution is 6.34. The van der Waals surface area contributed by atoms with Gasteiger partial charge in [-0.1, -0.05) is 23.2 Å². The van der Waals surface area contributed by atoms with Gasteiger partial charge in [0, 0.05) is 32.9 Å². The Bertz CT molecular complexity index is 814. The fourth-order valence-corrected chi connectivity index (χ4v) is 2.64. The first-order valence-electron chi connectivity index (χ1n) is 6.32. The molecule has 0 atom stereocenters. The summed E-state index contributed by atoms with van der Waals surface area (Å²) >= 11 is 12.0. The van der Waals surface area contributed by atoms with Gasteiger partial charge in [-0.3, -0.25) is 4.98 Å². The quantitative estimate of drug-likeness (QED) is 0.658. The largest absolute Gasteiger partial charge is 0.456 e. The van der Waals surface area contributed by atoms with Crippen molar-refractivity contribution in [1.29, 1.82) is 0 Å². The van der Waals surface area contributed by atoms with E-state index in [1.54, 1.807) is 18.2 Å². The maximum Gasteiger partial charge on any atom is 0.138 e. The molecule has 3 rings (SSSR count). The van der Waals surface area contributed by atoms with Gasteiger partial charge in [0.25, 0.3) is 0 Å². The Morgan fingerprint density at radius 3 is 2.43 bits per heavy atom. The highest BCUT2D eigenvalue weighted by Gasteiger charge is 2.08. The minimum Gasteiger partial charge on any atom is -0.456 e. The predicted octanol–water partition coefficient (Wildman–Crippen LogP) is 5.22. The van der Waals surface area contributed by atoms with E-state index in [-0.39, 0.29) is 0 Å². The van der Waals surface area contributed by atoms with Crippen LogP contribution in [0.25, 0.3) is 10.9 Å². The van der Waals surface area contributed by atoms with Crippen LogP contribution in [0.15, 0.2) is 42.5 Å². The van der Waals surface area contributed by atoms with Crippen LogP contribution in [0.3, 0.4) is 0 Å². The van der Waals surface area contributed by atoms with Gasteiger partial charge < -0.3 is 10.5 Å². The Morgan fingerprint density at radius 1 is 1.00 bits per heavy atom. The van der Waals surface area contributed by atoms with E-state index in [2.05, 4.69) is 4.98 Å². The summed E-state index contributed by atoms with van der Waals surface area (Å²) in [5.41, 5.74) is 8.18. The highest BCUT2D eigenvalue weighted by atomic mass is 35.5. The Morgan fingerprint density at radius 2 is 1.71 bits per heavy atom. The number of halogens is 2. The van der Waals surface area contributed by atoms with Gasteiger partial charge in [-0.05, 0) is 43.3 Å². The molecule has 0 saturated heterocycles. The average Bonchev–Trinajstić information content (AvgIpc) is 2.38. The zero-order valence-electron chi connectivity index (χ0n) is 11.2. The topological polar surface area (TPSA) is 48.1 Å². The molecule has 0 radical (unpaired) electrons. The number of nitrogens with zero attached hydrogens (tertiary/aromatic N) is 1. The SMILES string of the molecule is Cc1cc(Oc2cc(Cl)cc(Cl)c2)c2cc(N)ccc2n1. The number of hydrogen-bond donors (Lipinski definition) is 1. The molecule has 0 fully saturated rings. The third-order valence-electron chi connectivity index (χ3n) is 2.99. The van der Waals surface area contributed by atoms with Crippen molar-refractivity contribution < 1.29 is 4.74 Å². The van der Waals surface area contributed by atoms with Gasteiger partial charge in [-0.2, -0.15) is 0 Å². The maximum absolute atomic E-state index is 5.99. The number of nitrogens with two attached hydrogens (primary N) is 1. The third kappa shape index (κ3) is 3.04. The zero-order valence-corrected chi connectivity index (χ0v) is 12.7. The number of hydrogen-bond acceptors (Lipinski definition) is 3. The molecule has 0 aliphatic carbocycles. The molecule has 0 spiro atoms. The molecule has 0 saturated carbocycles. The summed E-state index contributed by atoms with van der Waals surface area (Å²) in [5.74, 6) is 1.24. The van der Waals surface area contributed by atoms with Gasteiger partial charge in [-0.15, -0.1) is 0 Å². The molecule has 0 aliphatic rings. The van der Waals surface area contributed by atoms with Crippen molar-refractivity contribution in [3.05, 3.63) is 58.2 Å². The first-order chi connectivity index (χ1) is 10.0. The second kappa shape index (κ2) is 5.43. The van der Waals surface area contributed by atoms with Crippen molar-refractivity contribution in [1.82, 2.24) is 4.98 Å². The summed E-state index contributed by atoms with van der Waals surface area (Å²) in [6.45, 7) is 1.91. The van der Waals surface area contributed by atoms with Crippen molar-refractivity contribution in [2.24, 2.45) is 0 Å². The number of nitrogen functional groups attached to an aromatic ring is 1. The molecule has 0 amide bonds. The second-order valence-electron chi connectivity index (χ2n) is 4.75. The normalized spacial score (nSPS) is 10.8. The van der Waals surface area contributed by atoms with Gasteiger partial charge >= 0.3 is 0 Å². The van der Waals surface area contributed by atoms with Crippen LogP contribution < -0.4 is 10.5 Å². The number of aryl methyl sites for hydroxylation is 1. The van der Waals surface area contributed by atoms with Crippen LogP contribution in [0.5, 0.6) is 11.5 Å². The van der Waals surface area contributed by atoms with Crippen LogP contribution in [0.1, 0.15) is 5.69 Å². The van der Waals surface area contributed by atoms with Crippen molar-refractivity contribution in [2.45, 2.75) is 6.92 Å². The number of benzene rings is 2. The summed E-state index contributed by atoms with van der Waals surface area (Å²) in [4.78, 5) is 4.47. The van der Waals surface area contributed by atoms with Crippen LogP contribution in [0.4, 0.5) is 5.69 Å². The number of anilines is 1. The fourth-order valence-electron chi connectivity index (χ4n) is 2.14. The fraction of sp³-hybridized carbons (Fsp3) is 0.0625. The maximum atomic E-state index is 5.99. The van der Waals surface area contributed by atoms with Crippen molar-refractivity contribution in [2.75, 3.05) is 5.73 Å². The standard InChI is InChI=1S/C16H12Cl2N2O/c1-9-4-16(14-8-12(19)2-3-15(14)20-9)21-13-6-10(17)5-11(18)7-13/h2-8H,19H2,1H3. The van der Waals surface area contributed by atoms with Gasteiger partial charge in [-0.25, -0.2) is 0 Å². The Kier molecular flexibility index (Phi) is 3.62. The van der Waals surface area contributed by atoms with Crippen LogP contribution in [0.2, 0.25) is 10.0 Å². The Hall–Kier alpha value is -1.97. The van der Waals surface area contributed by atoms with Gasteiger partial charge in [0.15, 0.2) is 0 Å². The molecule has 106 valence electrons. The minimum absolute atomic E-state index is 0.520. The van der Waals surface area contributed by atoms with Crippen molar-refractivity contribution in [3.8, 4) is 11.5 Å². The van der Waals surface area contributed by atoms with E-state index in [0.29, 0.717) is 27.2 Å². The Labute approximate surface area is 132 Å². The van der Waals surface area contributed by atoms with Gasteiger partial charge in [0.2, 0.25) is 0 Å². The molecule has 21 heavy (non-hydrogen) atoms. The minimum atomic E-state index is 0.520. The summed E-state index contributed by atoms with van der Waals surface area (Å²) in [5, 5.41) is 1.89. The lowest BCUT2D eigenvalue weighted by atomic mass is 10.1. The molecular weight excluding hydrogens is 307 g/mol. The lowest BCUT2D eigenvalue weighted by molar-refractivity contribution is 0.487. The van der Waals surface area contributed by atoms with E-state index in [4.69, 9.17) is 33.7 Å². The molecule has 2 aromatic carbocycles. The number of pyridine rings is 1. The van der Waals surface area contributed by atoms with E-state index in [0.717, 1.165) is 16.6 Å². The highest BCUT2D eigenvalue weighted by Crippen LogP contribution is 2.33. The second-order valence-corrected chi connectivity index (χ2v) is 5.62. The molecule has 0 aliphatic heterocycles. The lowest BCUT2D eigenvalue weighted by Crippen LogP contribution is -1.92. The summed E-state index contributed by atoms with van der Waals surface area (Å²) in [7, 11) is 0. The number of ether oxygens (including phenoxy) is 1. The lowest BCUT2D eigenvalue weighted by Gasteiger charge is -2.11. The molecule has 3 nitrogen and oxygen atoms in total. The first kappa shape index (κ1) is 14.0. The van der Waals surface area contributed by atoms with Crippen LogP contribution >= 0.6 is 23.2 Å². The molecule has 1 heterocycles. The number of fused-ring (bicyclic) bond motifs is 1. The van der Waals surface area contributed by atoms with E-state index < -0.39 is 0 Å². The van der Waals surface area contributed by atoms with Gasteiger partial charge in [0.05, 0.1) is 5.52 Å². The van der Waals surface area contributed by atoms with Crippen molar-refractivity contribution >= 4 is 39.8 Å². The van der Waals surface area contributed by atoms with Crippen LogP contribution in [0, 0.1) is 6.92 Å². The Balaban J connectivity index is 2.13. The molecule has 2 N–H and O–H groups in total. The van der Waals surface area contributed by atoms with E-state index in [1.165, 1.54) is 0 Å². The molecule has 0 bridgehead atoms. The summed E-state index contributed by atoms with van der Waals surface area (Å²) in [6.07, 6.45) is 0. The molecular formula is C16H12Cl2N2O. The summed E-state index contributed by atoms with van der Waals surface area (Å²) in [6, 6.07) is 12.5. The van der Waals surface area contributed by atoms with E-state index >= 15 is 0 Å². The third-order valence-corrected chi connectivity index (χ3v) is 3.42.